The van der Waals surface area contributed by atoms with E-state index < -0.39 is 10.0 Å². The first-order valence-electron chi connectivity index (χ1n) is 6.36. The third-order valence-corrected chi connectivity index (χ3v) is 4.92. The fourth-order valence-electron chi connectivity index (χ4n) is 1.89. The summed E-state index contributed by atoms with van der Waals surface area (Å²) in [6.07, 6.45) is 0. The van der Waals surface area contributed by atoms with E-state index in [0.29, 0.717) is 12.1 Å². The molecule has 6 nitrogen and oxygen atoms in total. The van der Waals surface area contributed by atoms with Crippen molar-refractivity contribution in [3.05, 3.63) is 45.6 Å². The van der Waals surface area contributed by atoms with Gasteiger partial charge in [0.05, 0.1) is 0 Å². The van der Waals surface area contributed by atoms with Crippen molar-refractivity contribution in [1.29, 1.82) is 0 Å². The normalized spacial score (nSPS) is 11.8. The molecule has 0 atom stereocenters. The highest BCUT2D eigenvalue weighted by atomic mass is 79.9. The zero-order valence-corrected chi connectivity index (χ0v) is 14.2. The number of hydrogen-bond acceptors (Lipinski definition) is 4. The van der Waals surface area contributed by atoms with Gasteiger partial charge in [0.2, 0.25) is 0 Å². The van der Waals surface area contributed by atoms with Gasteiger partial charge in [-0.3, -0.25) is 5.10 Å². The molecule has 21 heavy (non-hydrogen) atoms. The van der Waals surface area contributed by atoms with Crippen LogP contribution in [0.5, 0.6) is 0 Å². The molecule has 0 spiro atoms. The molecule has 0 radical (unpaired) electrons. The molecule has 2 aromatic rings. The van der Waals surface area contributed by atoms with Gasteiger partial charge in [0.1, 0.15) is 0 Å². The average Bonchev–Trinajstić information content (AvgIpc) is 2.81. The molecular weight excluding hydrogens is 356 g/mol. The Balaban J connectivity index is 2.17. The molecular formula is C13H17BrN4O2S. The predicted molar refractivity (Wildman–Crippen MR) is 84.3 cm³/mol. The summed E-state index contributed by atoms with van der Waals surface area (Å²) in [7, 11) is -1.88. The summed E-state index contributed by atoms with van der Waals surface area (Å²) in [6.45, 7) is 2.46. The topological polar surface area (TPSA) is 86.9 Å². The lowest BCUT2D eigenvalue weighted by atomic mass is 10.2. The lowest BCUT2D eigenvalue weighted by molar-refractivity contribution is 0.575. The van der Waals surface area contributed by atoms with E-state index in [1.54, 1.807) is 14.0 Å². The maximum absolute atomic E-state index is 12.4. The molecule has 0 fully saturated rings. The smallest absolute Gasteiger partial charge is 0.260 e. The fourth-order valence-corrected chi connectivity index (χ4v) is 3.36. The number of hydrogen-bond donors (Lipinski definition) is 3. The van der Waals surface area contributed by atoms with E-state index in [4.69, 9.17) is 0 Å². The maximum Gasteiger partial charge on any atom is 0.260 e. The Morgan fingerprint density at radius 3 is 2.52 bits per heavy atom. The van der Waals surface area contributed by atoms with Gasteiger partial charge in [0.15, 0.2) is 5.03 Å². The molecule has 0 saturated heterocycles. The van der Waals surface area contributed by atoms with Crippen molar-refractivity contribution in [2.75, 3.05) is 7.05 Å². The van der Waals surface area contributed by atoms with Crippen LogP contribution in [0.3, 0.4) is 0 Å². The molecule has 0 unspecified atom stereocenters. The maximum atomic E-state index is 12.4. The first-order chi connectivity index (χ1) is 9.94. The summed E-state index contributed by atoms with van der Waals surface area (Å²) in [5.74, 6) is 0. The summed E-state index contributed by atoms with van der Waals surface area (Å²) in [5, 5.41) is 9.62. The van der Waals surface area contributed by atoms with Crippen LogP contribution >= 0.6 is 15.9 Å². The molecule has 0 aliphatic rings. The summed E-state index contributed by atoms with van der Waals surface area (Å²) < 4.78 is 28.2. The molecule has 2 rings (SSSR count). The van der Waals surface area contributed by atoms with Gasteiger partial charge in [0, 0.05) is 28.8 Å². The van der Waals surface area contributed by atoms with E-state index in [2.05, 4.69) is 36.2 Å². The molecule has 0 bridgehead atoms. The Hall–Kier alpha value is -1.22. The van der Waals surface area contributed by atoms with Gasteiger partial charge >= 0.3 is 0 Å². The first-order valence-corrected chi connectivity index (χ1v) is 8.64. The minimum Gasteiger partial charge on any atom is -0.316 e. The number of sulfonamides is 1. The van der Waals surface area contributed by atoms with Gasteiger partial charge in [0.25, 0.3) is 10.0 Å². The molecule has 8 heteroatoms. The zero-order chi connectivity index (χ0) is 15.5. The Kier molecular flexibility index (Phi) is 5.15. The third-order valence-electron chi connectivity index (χ3n) is 3.02. The van der Waals surface area contributed by atoms with Gasteiger partial charge in [-0.2, -0.15) is 5.10 Å². The summed E-state index contributed by atoms with van der Waals surface area (Å²) in [6, 6.07) is 7.46. The van der Waals surface area contributed by atoms with Crippen molar-refractivity contribution in [2.24, 2.45) is 0 Å². The largest absolute Gasteiger partial charge is 0.316 e. The van der Waals surface area contributed by atoms with Crippen LogP contribution in [0, 0.1) is 6.92 Å². The summed E-state index contributed by atoms with van der Waals surface area (Å²) in [4.78, 5) is 0. The van der Waals surface area contributed by atoms with Crippen LogP contribution in [0.4, 0.5) is 0 Å². The van der Waals surface area contributed by atoms with Gasteiger partial charge in [-0.25, -0.2) is 13.1 Å². The Labute approximate surface area is 132 Å². The molecule has 1 aromatic carbocycles. The van der Waals surface area contributed by atoms with E-state index in [9.17, 15) is 8.42 Å². The third kappa shape index (κ3) is 3.91. The minimum absolute atomic E-state index is 0.0476. The number of nitrogens with zero attached hydrogens (tertiary/aromatic N) is 1. The van der Waals surface area contributed by atoms with Crippen LogP contribution < -0.4 is 10.0 Å². The number of H-pyrrole nitrogens is 1. The van der Waals surface area contributed by atoms with E-state index in [1.165, 1.54) is 0 Å². The second-order valence-electron chi connectivity index (χ2n) is 4.61. The second-order valence-corrected chi connectivity index (χ2v) is 7.21. The second kappa shape index (κ2) is 6.69. The van der Waals surface area contributed by atoms with E-state index in [0.717, 1.165) is 15.7 Å². The number of halogens is 1. The predicted octanol–water partition coefficient (Wildman–Crippen LogP) is 1.68. The first kappa shape index (κ1) is 16.2. The summed E-state index contributed by atoms with van der Waals surface area (Å²) in [5.41, 5.74) is 2.28. The Morgan fingerprint density at radius 2 is 1.90 bits per heavy atom. The monoisotopic (exact) mass is 372 g/mol. The van der Waals surface area contributed by atoms with Crippen molar-refractivity contribution in [1.82, 2.24) is 20.2 Å². The molecule has 114 valence electrons. The number of benzene rings is 1. The van der Waals surface area contributed by atoms with Crippen LogP contribution in [0.2, 0.25) is 0 Å². The fraction of sp³-hybridized carbons (Fsp3) is 0.308. The number of rotatable bonds is 6. The van der Waals surface area contributed by atoms with Crippen LogP contribution in [0.15, 0.2) is 33.8 Å². The number of aromatic nitrogens is 2. The number of nitrogens with one attached hydrogen (secondary N) is 3. The SMILES string of the molecule is CNCc1c(S(=O)(=O)NCc2ccc(Br)cc2)n[nH]c1C. The van der Waals surface area contributed by atoms with Crippen LogP contribution in [0.1, 0.15) is 16.8 Å². The van der Waals surface area contributed by atoms with Gasteiger partial charge in [-0.1, -0.05) is 28.1 Å². The highest BCUT2D eigenvalue weighted by Crippen LogP contribution is 2.16. The van der Waals surface area contributed by atoms with Crippen molar-refractivity contribution in [3.8, 4) is 0 Å². The van der Waals surface area contributed by atoms with Gasteiger partial charge < -0.3 is 5.32 Å². The number of aromatic amines is 1. The standard InChI is InChI=1S/C13H17BrN4O2S/c1-9-12(8-15-2)13(18-17-9)21(19,20)16-7-10-3-5-11(14)6-4-10/h3-6,15-16H,7-8H2,1-2H3,(H,17,18). The highest BCUT2D eigenvalue weighted by molar-refractivity contribution is 9.10. The molecule has 0 saturated carbocycles. The van der Waals surface area contributed by atoms with Crippen LogP contribution in [0.25, 0.3) is 0 Å². The molecule has 0 aliphatic carbocycles. The minimum atomic E-state index is -3.64. The Morgan fingerprint density at radius 1 is 1.24 bits per heavy atom. The van der Waals surface area contributed by atoms with Crippen LogP contribution in [-0.4, -0.2) is 25.7 Å². The molecule has 1 heterocycles. The van der Waals surface area contributed by atoms with E-state index in [1.807, 2.05) is 24.3 Å². The lowest BCUT2D eigenvalue weighted by Crippen LogP contribution is -2.25. The zero-order valence-electron chi connectivity index (χ0n) is 11.8. The van der Waals surface area contributed by atoms with Gasteiger partial charge in [-0.15, -0.1) is 0 Å². The quantitative estimate of drug-likeness (QED) is 0.719. The van der Waals surface area contributed by atoms with E-state index in [-0.39, 0.29) is 11.6 Å². The van der Waals surface area contributed by atoms with Crippen molar-refractivity contribution in [2.45, 2.75) is 25.0 Å². The van der Waals surface area contributed by atoms with E-state index >= 15 is 0 Å². The van der Waals surface area contributed by atoms with Crippen molar-refractivity contribution in [3.63, 3.8) is 0 Å². The van der Waals surface area contributed by atoms with Crippen LogP contribution in [-0.2, 0) is 23.1 Å². The van der Waals surface area contributed by atoms with Crippen molar-refractivity contribution >= 4 is 26.0 Å². The molecule has 1 aromatic heterocycles. The Bertz CT molecular complexity index is 710. The summed E-state index contributed by atoms with van der Waals surface area (Å²) >= 11 is 3.34. The number of aryl methyl sites for hydroxylation is 1. The van der Waals surface area contributed by atoms with Gasteiger partial charge in [-0.05, 0) is 31.7 Å². The highest BCUT2D eigenvalue weighted by Gasteiger charge is 2.23. The molecule has 0 aliphatic heterocycles. The lowest BCUT2D eigenvalue weighted by Gasteiger charge is -2.07. The molecule has 0 amide bonds. The average molecular weight is 373 g/mol. The molecule has 3 N–H and O–H groups in total. The van der Waals surface area contributed by atoms with Crippen molar-refractivity contribution < 1.29 is 8.42 Å².